The van der Waals surface area contributed by atoms with E-state index in [1.54, 1.807) is 0 Å². The average molecular weight is 373 g/mol. The highest BCUT2D eigenvalue weighted by Crippen LogP contribution is 2.16. The maximum absolute atomic E-state index is 12.0. The van der Waals surface area contributed by atoms with Crippen molar-refractivity contribution in [1.82, 2.24) is 5.32 Å². The number of carbonyl (C=O) groups is 2. The molecule has 0 saturated heterocycles. The molecule has 1 amide bonds. The fourth-order valence-electron chi connectivity index (χ4n) is 2.22. The molecule has 25 heavy (non-hydrogen) atoms. The molecule has 1 unspecified atom stereocenters. The minimum Gasteiger partial charge on any atom is -0.494 e. The molecule has 1 aromatic rings. The fourth-order valence-corrected chi connectivity index (χ4v) is 2.22. The summed E-state index contributed by atoms with van der Waals surface area (Å²) in [4.78, 5) is 23.9. The molecule has 142 valence electrons. The number of hydrogen-bond acceptors (Lipinski definition) is 5. The van der Waals surface area contributed by atoms with Crippen LogP contribution >= 0.6 is 12.4 Å². The standard InChI is InChI=1S/C18H28N2O4.ClH/c1-5-24-15-8-6-13(7-9-15)10-14(18(22)23-4)11-20-17(21)16(19)12(2)3;/h6-9,12,14,16H,5,10-11,19H2,1-4H3,(H,20,21);1H/t14?,16-;/m0./s1. The Bertz CT molecular complexity index is 534. The molecule has 6 nitrogen and oxygen atoms in total. The third kappa shape index (κ3) is 7.75. The summed E-state index contributed by atoms with van der Waals surface area (Å²) in [6.07, 6.45) is 0.469. The Morgan fingerprint density at radius 1 is 1.20 bits per heavy atom. The summed E-state index contributed by atoms with van der Waals surface area (Å²) in [5, 5.41) is 2.74. The Balaban J connectivity index is 0.00000576. The number of ether oxygens (including phenoxy) is 2. The number of benzene rings is 1. The summed E-state index contributed by atoms with van der Waals surface area (Å²) < 4.78 is 10.2. The second-order valence-corrected chi connectivity index (χ2v) is 6.02. The summed E-state index contributed by atoms with van der Waals surface area (Å²) in [7, 11) is 1.34. The van der Waals surface area contributed by atoms with E-state index in [1.165, 1.54) is 7.11 Å². The number of amides is 1. The predicted molar refractivity (Wildman–Crippen MR) is 99.9 cm³/mol. The van der Waals surface area contributed by atoms with Gasteiger partial charge in [0.25, 0.3) is 0 Å². The molecule has 1 aromatic carbocycles. The largest absolute Gasteiger partial charge is 0.494 e. The van der Waals surface area contributed by atoms with Gasteiger partial charge < -0.3 is 20.5 Å². The zero-order chi connectivity index (χ0) is 18.1. The van der Waals surface area contributed by atoms with Gasteiger partial charge in [0.1, 0.15) is 5.75 Å². The predicted octanol–water partition coefficient (Wildman–Crippen LogP) is 1.94. The van der Waals surface area contributed by atoms with Gasteiger partial charge in [0, 0.05) is 6.54 Å². The third-order valence-electron chi connectivity index (χ3n) is 3.79. The van der Waals surface area contributed by atoms with Gasteiger partial charge in [-0.25, -0.2) is 0 Å². The molecule has 0 aliphatic carbocycles. The number of nitrogens with one attached hydrogen (secondary N) is 1. The van der Waals surface area contributed by atoms with E-state index in [1.807, 2.05) is 45.0 Å². The summed E-state index contributed by atoms with van der Waals surface area (Å²) in [6.45, 7) is 6.47. The quantitative estimate of drug-likeness (QED) is 0.646. The van der Waals surface area contributed by atoms with Crippen LogP contribution < -0.4 is 15.8 Å². The van der Waals surface area contributed by atoms with Crippen LogP contribution in [0, 0.1) is 11.8 Å². The van der Waals surface area contributed by atoms with Gasteiger partial charge in [0.2, 0.25) is 5.91 Å². The highest BCUT2D eigenvalue weighted by atomic mass is 35.5. The van der Waals surface area contributed by atoms with Gasteiger partial charge in [-0.2, -0.15) is 0 Å². The van der Waals surface area contributed by atoms with Gasteiger partial charge in [0.15, 0.2) is 0 Å². The van der Waals surface area contributed by atoms with Gasteiger partial charge in [-0.1, -0.05) is 26.0 Å². The van der Waals surface area contributed by atoms with Crippen molar-refractivity contribution in [3.8, 4) is 5.75 Å². The molecule has 0 aliphatic heterocycles. The first-order chi connectivity index (χ1) is 11.4. The number of nitrogens with two attached hydrogens (primary N) is 1. The normalized spacial score (nSPS) is 12.7. The van der Waals surface area contributed by atoms with Crippen molar-refractivity contribution in [1.29, 1.82) is 0 Å². The van der Waals surface area contributed by atoms with Crippen molar-refractivity contribution in [3.05, 3.63) is 29.8 Å². The van der Waals surface area contributed by atoms with E-state index in [0.29, 0.717) is 13.0 Å². The second-order valence-electron chi connectivity index (χ2n) is 6.02. The van der Waals surface area contributed by atoms with Crippen molar-refractivity contribution in [3.63, 3.8) is 0 Å². The highest BCUT2D eigenvalue weighted by Gasteiger charge is 2.23. The van der Waals surface area contributed by atoms with Crippen molar-refractivity contribution in [2.45, 2.75) is 33.2 Å². The number of hydrogen-bond donors (Lipinski definition) is 2. The van der Waals surface area contributed by atoms with Gasteiger partial charge in [0.05, 0.1) is 25.7 Å². The van der Waals surface area contributed by atoms with E-state index in [4.69, 9.17) is 15.2 Å². The smallest absolute Gasteiger partial charge is 0.310 e. The molecule has 7 heteroatoms. The van der Waals surface area contributed by atoms with Crippen LogP contribution in [0.3, 0.4) is 0 Å². The molecule has 1 rings (SSSR count). The van der Waals surface area contributed by atoms with E-state index in [9.17, 15) is 9.59 Å². The minimum absolute atomic E-state index is 0. The number of methoxy groups -OCH3 is 1. The Labute approximate surface area is 155 Å². The second kappa shape index (κ2) is 11.7. The Kier molecular flexibility index (Phi) is 10.9. The first-order valence-electron chi connectivity index (χ1n) is 8.21. The molecule has 0 aromatic heterocycles. The zero-order valence-electron chi connectivity index (χ0n) is 15.3. The van der Waals surface area contributed by atoms with Crippen LogP contribution in [0.1, 0.15) is 26.3 Å². The lowest BCUT2D eigenvalue weighted by Gasteiger charge is -2.19. The lowest BCUT2D eigenvalue weighted by atomic mass is 9.98. The lowest BCUT2D eigenvalue weighted by molar-refractivity contribution is -0.145. The number of carbonyl (C=O) groups excluding carboxylic acids is 2. The maximum atomic E-state index is 12.0. The Morgan fingerprint density at radius 3 is 2.28 bits per heavy atom. The van der Waals surface area contributed by atoms with Gasteiger partial charge in [-0.05, 0) is 37.0 Å². The molecule has 3 N–H and O–H groups in total. The van der Waals surface area contributed by atoms with Gasteiger partial charge >= 0.3 is 5.97 Å². The van der Waals surface area contributed by atoms with Crippen molar-refractivity contribution in [2.24, 2.45) is 17.6 Å². The molecule has 0 saturated carbocycles. The molecule has 0 bridgehead atoms. The molecule has 0 aliphatic rings. The van der Waals surface area contributed by atoms with Crippen LogP contribution in [0.4, 0.5) is 0 Å². The number of halogens is 1. The van der Waals surface area contributed by atoms with E-state index in [0.717, 1.165) is 11.3 Å². The van der Waals surface area contributed by atoms with Crippen LogP contribution in [0.25, 0.3) is 0 Å². The summed E-state index contributed by atoms with van der Waals surface area (Å²) in [5.41, 5.74) is 6.78. The van der Waals surface area contributed by atoms with Crippen molar-refractivity contribution < 1.29 is 19.1 Å². The van der Waals surface area contributed by atoms with Crippen LogP contribution in [-0.4, -0.2) is 38.2 Å². The molecule has 0 heterocycles. The molecule has 0 spiro atoms. The first-order valence-corrected chi connectivity index (χ1v) is 8.21. The van der Waals surface area contributed by atoms with Crippen LogP contribution in [0.15, 0.2) is 24.3 Å². The summed E-state index contributed by atoms with van der Waals surface area (Å²) in [5.74, 6) is -0.260. The average Bonchev–Trinajstić information content (AvgIpc) is 2.58. The zero-order valence-corrected chi connectivity index (χ0v) is 16.1. The van der Waals surface area contributed by atoms with E-state index in [-0.39, 0.29) is 36.7 Å². The fraction of sp³-hybridized carbons (Fsp3) is 0.556. The van der Waals surface area contributed by atoms with Crippen molar-refractivity contribution in [2.75, 3.05) is 20.3 Å². The van der Waals surface area contributed by atoms with Crippen LogP contribution in [-0.2, 0) is 20.7 Å². The van der Waals surface area contributed by atoms with Crippen molar-refractivity contribution >= 4 is 24.3 Å². The molecule has 2 atom stereocenters. The summed E-state index contributed by atoms with van der Waals surface area (Å²) >= 11 is 0. The van der Waals surface area contributed by atoms with Crippen LogP contribution in [0.5, 0.6) is 5.75 Å². The monoisotopic (exact) mass is 372 g/mol. The third-order valence-corrected chi connectivity index (χ3v) is 3.79. The Hall–Kier alpha value is -1.79. The molecular weight excluding hydrogens is 344 g/mol. The first kappa shape index (κ1) is 23.2. The van der Waals surface area contributed by atoms with E-state index >= 15 is 0 Å². The maximum Gasteiger partial charge on any atom is 0.310 e. The van der Waals surface area contributed by atoms with E-state index in [2.05, 4.69) is 5.32 Å². The topological polar surface area (TPSA) is 90.6 Å². The van der Waals surface area contributed by atoms with E-state index < -0.39 is 12.0 Å². The minimum atomic E-state index is -0.589. The highest BCUT2D eigenvalue weighted by molar-refractivity contribution is 5.85. The van der Waals surface area contributed by atoms with Gasteiger partial charge in [-0.3, -0.25) is 9.59 Å². The number of esters is 1. The lowest BCUT2D eigenvalue weighted by Crippen LogP contribution is -2.46. The van der Waals surface area contributed by atoms with Crippen LogP contribution in [0.2, 0.25) is 0 Å². The van der Waals surface area contributed by atoms with Gasteiger partial charge in [-0.15, -0.1) is 12.4 Å². The Morgan fingerprint density at radius 2 is 1.80 bits per heavy atom. The summed E-state index contributed by atoms with van der Waals surface area (Å²) in [6, 6.07) is 6.94. The molecule has 0 fully saturated rings. The molecular formula is C18H29ClN2O4. The molecule has 0 radical (unpaired) electrons. The number of rotatable bonds is 9. The SMILES string of the molecule is CCOc1ccc(CC(CNC(=O)[C@@H](N)C(C)C)C(=O)OC)cc1.Cl.